The van der Waals surface area contributed by atoms with Crippen molar-refractivity contribution in [2.75, 3.05) is 0 Å². The van der Waals surface area contributed by atoms with Crippen LogP contribution in [0.2, 0.25) is 0 Å². The van der Waals surface area contributed by atoms with Crippen molar-refractivity contribution in [1.82, 2.24) is 5.16 Å². The number of phenols is 1. The number of rotatable bonds is 5. The average Bonchev–Trinajstić information content (AvgIpc) is 3.13. The topological polar surface area (TPSA) is 46.3 Å². The smallest absolute Gasteiger partial charge is 0.145 e. The third kappa shape index (κ3) is 3.38. The minimum Gasteiger partial charge on any atom is -0.508 e. The van der Waals surface area contributed by atoms with Gasteiger partial charge in [-0.3, -0.25) is 0 Å². The normalized spacial score (nSPS) is 10.8. The zero-order valence-electron chi connectivity index (χ0n) is 14.2. The van der Waals surface area contributed by atoms with Crippen molar-refractivity contribution < 1.29 is 9.63 Å². The summed E-state index contributed by atoms with van der Waals surface area (Å²) in [6, 6.07) is 28.3. The van der Waals surface area contributed by atoms with E-state index in [0.29, 0.717) is 0 Å². The van der Waals surface area contributed by atoms with Crippen LogP contribution in [0.4, 0.5) is 0 Å². The first-order valence-corrected chi connectivity index (χ1v) is 8.59. The van der Waals surface area contributed by atoms with Crippen LogP contribution in [0.15, 0.2) is 83.4 Å². The lowest BCUT2D eigenvalue weighted by molar-refractivity contribution is 0.386. The van der Waals surface area contributed by atoms with E-state index < -0.39 is 0 Å². The van der Waals surface area contributed by atoms with Crippen LogP contribution in [0.25, 0.3) is 22.4 Å². The summed E-state index contributed by atoms with van der Waals surface area (Å²) >= 11 is 0. The van der Waals surface area contributed by atoms with E-state index in [2.05, 4.69) is 23.4 Å². The summed E-state index contributed by atoms with van der Waals surface area (Å²) in [6.07, 6.45) is 1.55. The molecular weight excluding hydrogens is 322 g/mol. The molecule has 0 fully saturated rings. The number of benzene rings is 3. The Balaban J connectivity index is 1.70. The summed E-state index contributed by atoms with van der Waals surface area (Å²) in [4.78, 5) is 0. The van der Waals surface area contributed by atoms with Gasteiger partial charge in [0, 0.05) is 12.0 Å². The number of hydrogen-bond acceptors (Lipinski definition) is 3. The second kappa shape index (κ2) is 7.28. The molecule has 0 saturated heterocycles. The first-order chi connectivity index (χ1) is 12.8. The monoisotopic (exact) mass is 340 g/mol. The maximum absolute atomic E-state index is 9.43. The Bertz CT molecular complexity index is 974. The Labute approximate surface area is 152 Å². The van der Waals surface area contributed by atoms with Crippen LogP contribution in [-0.2, 0) is 12.8 Å². The molecule has 0 aliphatic rings. The Morgan fingerprint density at radius 3 is 2.27 bits per heavy atom. The summed E-state index contributed by atoms with van der Waals surface area (Å²) in [5, 5.41) is 13.8. The number of aromatic nitrogens is 1. The largest absolute Gasteiger partial charge is 0.508 e. The van der Waals surface area contributed by atoms with Gasteiger partial charge in [0.2, 0.25) is 0 Å². The fraction of sp³-hybridized carbons (Fsp3) is 0.0870. The van der Waals surface area contributed by atoms with Gasteiger partial charge >= 0.3 is 0 Å². The lowest BCUT2D eigenvalue weighted by Gasteiger charge is -2.05. The summed E-state index contributed by atoms with van der Waals surface area (Å²) in [7, 11) is 0. The van der Waals surface area contributed by atoms with Crippen LogP contribution in [0, 0.1) is 6.07 Å². The van der Waals surface area contributed by atoms with Crippen molar-refractivity contribution in [2.24, 2.45) is 0 Å². The standard InChI is InChI=1S/C23H18NO2/c25-20-14-11-17(12-15-20)13-16-21-22(18-7-3-1-4-8-18)23(24-26-21)19-9-5-2-6-10-19/h1,3-12,14-15,25H,13,16H2. The molecule has 0 amide bonds. The van der Waals surface area contributed by atoms with Crippen LogP contribution < -0.4 is 0 Å². The maximum atomic E-state index is 9.43. The second-order valence-electron chi connectivity index (χ2n) is 6.15. The third-order valence-corrected chi connectivity index (χ3v) is 4.39. The lowest BCUT2D eigenvalue weighted by Crippen LogP contribution is -1.92. The van der Waals surface area contributed by atoms with Gasteiger partial charge in [-0.05, 0) is 35.7 Å². The fourth-order valence-electron chi connectivity index (χ4n) is 3.06. The van der Waals surface area contributed by atoms with Crippen molar-refractivity contribution >= 4 is 0 Å². The minimum absolute atomic E-state index is 0.279. The summed E-state index contributed by atoms with van der Waals surface area (Å²) in [5.41, 5.74) is 5.15. The molecule has 3 aromatic carbocycles. The quantitative estimate of drug-likeness (QED) is 0.536. The number of phenolic OH excluding ortho intramolecular Hbond substituents is 1. The van der Waals surface area contributed by atoms with E-state index in [0.717, 1.165) is 46.5 Å². The average molecular weight is 340 g/mol. The van der Waals surface area contributed by atoms with Crippen molar-refractivity contribution in [3.05, 3.63) is 96.3 Å². The highest BCUT2D eigenvalue weighted by molar-refractivity contribution is 5.81. The molecule has 4 aromatic rings. The minimum atomic E-state index is 0.279. The van der Waals surface area contributed by atoms with Gasteiger partial charge in [0.15, 0.2) is 0 Å². The molecular formula is C23H18NO2. The van der Waals surface area contributed by atoms with Gasteiger partial charge in [0.25, 0.3) is 0 Å². The third-order valence-electron chi connectivity index (χ3n) is 4.39. The zero-order valence-corrected chi connectivity index (χ0v) is 14.2. The Morgan fingerprint density at radius 2 is 1.54 bits per heavy atom. The predicted octanol–water partition coefficient (Wildman–Crippen LogP) is 5.30. The molecule has 0 bridgehead atoms. The fourth-order valence-corrected chi connectivity index (χ4v) is 3.06. The van der Waals surface area contributed by atoms with E-state index >= 15 is 0 Å². The van der Waals surface area contributed by atoms with Gasteiger partial charge in [-0.25, -0.2) is 0 Å². The molecule has 1 aromatic heterocycles. The Hall–Kier alpha value is -3.33. The molecule has 4 rings (SSSR count). The van der Waals surface area contributed by atoms with Gasteiger partial charge in [-0.1, -0.05) is 71.9 Å². The summed E-state index contributed by atoms with van der Waals surface area (Å²) < 4.78 is 5.74. The van der Waals surface area contributed by atoms with Gasteiger partial charge in [-0.15, -0.1) is 0 Å². The molecule has 0 unspecified atom stereocenters. The lowest BCUT2D eigenvalue weighted by atomic mass is 9.96. The molecule has 0 saturated carbocycles. The molecule has 127 valence electrons. The van der Waals surface area contributed by atoms with Crippen LogP contribution >= 0.6 is 0 Å². The Morgan fingerprint density at radius 1 is 0.808 bits per heavy atom. The predicted molar refractivity (Wildman–Crippen MR) is 102 cm³/mol. The van der Waals surface area contributed by atoms with Crippen LogP contribution in [-0.4, -0.2) is 10.3 Å². The first-order valence-electron chi connectivity index (χ1n) is 8.59. The molecule has 26 heavy (non-hydrogen) atoms. The van der Waals surface area contributed by atoms with Crippen LogP contribution in [0.5, 0.6) is 5.75 Å². The number of hydrogen-bond donors (Lipinski definition) is 1. The van der Waals surface area contributed by atoms with E-state index in [-0.39, 0.29) is 5.75 Å². The maximum Gasteiger partial charge on any atom is 0.145 e. The summed E-state index contributed by atoms with van der Waals surface area (Å²) in [5.74, 6) is 1.15. The second-order valence-corrected chi connectivity index (χ2v) is 6.15. The molecule has 3 heteroatoms. The first kappa shape index (κ1) is 16.2. The van der Waals surface area contributed by atoms with E-state index in [1.165, 1.54) is 0 Å². The van der Waals surface area contributed by atoms with Gasteiger partial charge in [-0.2, -0.15) is 0 Å². The van der Waals surface area contributed by atoms with E-state index in [1.54, 1.807) is 12.1 Å². The Kier molecular flexibility index (Phi) is 4.52. The van der Waals surface area contributed by atoms with Crippen molar-refractivity contribution in [1.29, 1.82) is 0 Å². The highest BCUT2D eigenvalue weighted by Crippen LogP contribution is 2.35. The molecule has 0 spiro atoms. The number of aryl methyl sites for hydroxylation is 2. The SMILES string of the molecule is Oc1ccc(CCc2onc(-c3cc[c]cc3)c2-c2ccccc2)cc1. The molecule has 1 heterocycles. The highest BCUT2D eigenvalue weighted by atomic mass is 16.5. The molecule has 0 aliphatic carbocycles. The van der Waals surface area contributed by atoms with E-state index in [4.69, 9.17) is 4.52 Å². The molecule has 1 radical (unpaired) electrons. The number of aromatic hydroxyl groups is 1. The van der Waals surface area contributed by atoms with Crippen LogP contribution in [0.1, 0.15) is 11.3 Å². The summed E-state index contributed by atoms with van der Waals surface area (Å²) in [6.45, 7) is 0. The highest BCUT2D eigenvalue weighted by Gasteiger charge is 2.19. The van der Waals surface area contributed by atoms with Crippen LogP contribution in [0.3, 0.4) is 0 Å². The van der Waals surface area contributed by atoms with E-state index in [1.807, 2.05) is 54.6 Å². The zero-order chi connectivity index (χ0) is 17.8. The van der Waals surface area contributed by atoms with E-state index in [9.17, 15) is 5.11 Å². The molecule has 1 N–H and O–H groups in total. The van der Waals surface area contributed by atoms with Gasteiger partial charge < -0.3 is 9.63 Å². The molecule has 0 aliphatic heterocycles. The molecule has 3 nitrogen and oxygen atoms in total. The van der Waals surface area contributed by atoms with Crippen molar-refractivity contribution in [3.8, 4) is 28.1 Å². The van der Waals surface area contributed by atoms with Gasteiger partial charge in [0.05, 0.1) is 5.56 Å². The van der Waals surface area contributed by atoms with Crippen molar-refractivity contribution in [2.45, 2.75) is 12.8 Å². The van der Waals surface area contributed by atoms with Gasteiger partial charge in [0.1, 0.15) is 17.2 Å². The number of nitrogens with zero attached hydrogens (tertiary/aromatic N) is 1. The van der Waals surface area contributed by atoms with Crippen molar-refractivity contribution in [3.63, 3.8) is 0 Å². The molecule has 0 atom stereocenters.